The lowest BCUT2D eigenvalue weighted by Gasteiger charge is -2.06. The molecule has 114 valence electrons. The molecule has 0 aliphatic carbocycles. The molecule has 0 saturated carbocycles. The summed E-state index contributed by atoms with van der Waals surface area (Å²) in [5.74, 6) is -0.486. The molecule has 1 amide bonds. The molecule has 22 heavy (non-hydrogen) atoms. The van der Waals surface area contributed by atoms with Crippen LogP contribution >= 0.6 is 0 Å². The summed E-state index contributed by atoms with van der Waals surface area (Å²) in [6.45, 7) is 0. The monoisotopic (exact) mass is 320 g/mol. The van der Waals surface area contributed by atoms with Crippen molar-refractivity contribution in [2.24, 2.45) is 0 Å². The Morgan fingerprint density at radius 1 is 1.14 bits per heavy atom. The van der Waals surface area contributed by atoms with E-state index in [9.17, 15) is 23.3 Å². The fourth-order valence-corrected chi connectivity index (χ4v) is 2.38. The van der Waals surface area contributed by atoms with Crippen molar-refractivity contribution in [3.63, 3.8) is 0 Å². The van der Waals surface area contributed by atoms with Crippen molar-refractivity contribution in [1.29, 1.82) is 0 Å². The van der Waals surface area contributed by atoms with Gasteiger partial charge >= 0.3 is 0 Å². The van der Waals surface area contributed by atoms with Gasteiger partial charge in [0.2, 0.25) is 0 Å². The molecule has 8 heteroatoms. The predicted molar refractivity (Wildman–Crippen MR) is 80.6 cm³/mol. The van der Waals surface area contributed by atoms with Crippen LogP contribution in [-0.4, -0.2) is 25.5 Å². The summed E-state index contributed by atoms with van der Waals surface area (Å²) in [6.07, 6.45) is 1.07. The van der Waals surface area contributed by atoms with Crippen LogP contribution in [0, 0.1) is 10.1 Å². The lowest BCUT2D eigenvalue weighted by Crippen LogP contribution is -2.12. The third kappa shape index (κ3) is 3.67. The first-order chi connectivity index (χ1) is 10.3. The largest absolute Gasteiger partial charge is 0.322 e. The van der Waals surface area contributed by atoms with Crippen molar-refractivity contribution in [3.8, 4) is 0 Å². The summed E-state index contributed by atoms with van der Waals surface area (Å²) in [4.78, 5) is 22.3. The molecule has 2 aromatic carbocycles. The number of hydrogen-bond acceptors (Lipinski definition) is 5. The normalized spacial score (nSPS) is 11.0. The Balaban J connectivity index is 2.19. The van der Waals surface area contributed by atoms with E-state index in [1.54, 1.807) is 0 Å². The smallest absolute Gasteiger partial charge is 0.271 e. The van der Waals surface area contributed by atoms with Crippen molar-refractivity contribution in [2.75, 3.05) is 11.6 Å². The highest BCUT2D eigenvalue weighted by molar-refractivity contribution is 7.90. The third-order valence-electron chi connectivity index (χ3n) is 2.86. The van der Waals surface area contributed by atoms with Crippen LogP contribution in [0.1, 0.15) is 10.4 Å². The molecular weight excluding hydrogens is 308 g/mol. The molecule has 0 atom stereocenters. The number of anilines is 1. The number of nitrogens with one attached hydrogen (secondary N) is 1. The second-order valence-corrected chi connectivity index (χ2v) is 6.57. The van der Waals surface area contributed by atoms with E-state index < -0.39 is 20.7 Å². The van der Waals surface area contributed by atoms with Crippen LogP contribution in [0.4, 0.5) is 11.4 Å². The van der Waals surface area contributed by atoms with E-state index in [4.69, 9.17) is 0 Å². The Morgan fingerprint density at radius 2 is 1.77 bits per heavy atom. The third-order valence-corrected chi connectivity index (χ3v) is 3.99. The minimum Gasteiger partial charge on any atom is -0.322 e. The molecule has 2 aromatic rings. The molecule has 0 saturated heterocycles. The Labute approximate surface area is 126 Å². The topological polar surface area (TPSA) is 106 Å². The first kappa shape index (κ1) is 15.6. The molecule has 0 heterocycles. The molecule has 7 nitrogen and oxygen atoms in total. The number of rotatable bonds is 4. The number of nitrogens with zero attached hydrogens (tertiary/aromatic N) is 1. The maximum atomic E-state index is 12.0. The molecule has 1 N–H and O–H groups in total. The van der Waals surface area contributed by atoms with Crippen LogP contribution in [0.25, 0.3) is 0 Å². The van der Waals surface area contributed by atoms with E-state index in [0.717, 1.165) is 6.26 Å². The van der Waals surface area contributed by atoms with E-state index in [-0.39, 0.29) is 21.8 Å². The van der Waals surface area contributed by atoms with Gasteiger partial charge in [-0.1, -0.05) is 6.07 Å². The quantitative estimate of drug-likeness (QED) is 0.687. The summed E-state index contributed by atoms with van der Waals surface area (Å²) >= 11 is 0. The molecule has 0 bridgehead atoms. The maximum absolute atomic E-state index is 12.0. The number of nitro benzene ring substituents is 1. The van der Waals surface area contributed by atoms with Crippen LogP contribution < -0.4 is 5.32 Å². The molecule has 0 unspecified atom stereocenters. The van der Waals surface area contributed by atoms with Gasteiger partial charge in [-0.05, 0) is 30.3 Å². The van der Waals surface area contributed by atoms with Gasteiger partial charge in [0, 0.05) is 29.6 Å². The van der Waals surface area contributed by atoms with Crippen molar-refractivity contribution >= 4 is 27.1 Å². The summed E-state index contributed by atoms with van der Waals surface area (Å²) in [7, 11) is -3.33. The van der Waals surface area contributed by atoms with Gasteiger partial charge in [0.25, 0.3) is 11.6 Å². The SMILES string of the molecule is CS(=O)(=O)c1ccc(C(=O)Nc2cccc([N+](=O)[O-])c2)cc1. The molecule has 0 radical (unpaired) electrons. The van der Waals surface area contributed by atoms with Gasteiger partial charge < -0.3 is 5.32 Å². The molecule has 0 aliphatic rings. The van der Waals surface area contributed by atoms with E-state index in [1.807, 2.05) is 0 Å². The number of sulfone groups is 1. The average Bonchev–Trinajstić information content (AvgIpc) is 2.46. The number of hydrogen-bond donors (Lipinski definition) is 1. The Morgan fingerprint density at radius 3 is 2.32 bits per heavy atom. The highest BCUT2D eigenvalue weighted by atomic mass is 32.2. The summed E-state index contributed by atoms with van der Waals surface area (Å²) in [5.41, 5.74) is 0.399. The maximum Gasteiger partial charge on any atom is 0.271 e. The zero-order valence-corrected chi connectivity index (χ0v) is 12.3. The van der Waals surface area contributed by atoms with Crippen LogP contribution in [0.3, 0.4) is 0 Å². The number of carbonyl (C=O) groups excluding carboxylic acids is 1. The molecule has 0 aromatic heterocycles. The van der Waals surface area contributed by atoms with Crippen molar-refractivity contribution in [2.45, 2.75) is 4.90 Å². The van der Waals surface area contributed by atoms with Gasteiger partial charge in [-0.15, -0.1) is 0 Å². The Kier molecular flexibility index (Phi) is 4.22. The Hall–Kier alpha value is -2.74. The minimum absolute atomic E-state index is 0.111. The lowest BCUT2D eigenvalue weighted by molar-refractivity contribution is -0.384. The second-order valence-electron chi connectivity index (χ2n) is 4.56. The molecular formula is C14H12N2O5S. The molecule has 0 aliphatic heterocycles. The van der Waals surface area contributed by atoms with Crippen LogP contribution in [0.5, 0.6) is 0 Å². The zero-order chi connectivity index (χ0) is 16.3. The van der Waals surface area contributed by atoms with Crippen LogP contribution in [0.2, 0.25) is 0 Å². The minimum atomic E-state index is -3.33. The molecule has 0 spiro atoms. The average molecular weight is 320 g/mol. The predicted octanol–water partition coefficient (Wildman–Crippen LogP) is 2.25. The van der Waals surface area contributed by atoms with E-state index in [2.05, 4.69) is 5.32 Å². The van der Waals surface area contributed by atoms with Gasteiger partial charge in [0.1, 0.15) is 0 Å². The van der Waals surface area contributed by atoms with Gasteiger partial charge in [-0.3, -0.25) is 14.9 Å². The van der Waals surface area contributed by atoms with E-state index in [1.165, 1.54) is 48.5 Å². The number of non-ortho nitro benzene ring substituents is 1. The highest BCUT2D eigenvalue weighted by Gasteiger charge is 2.11. The lowest BCUT2D eigenvalue weighted by atomic mass is 10.2. The highest BCUT2D eigenvalue weighted by Crippen LogP contribution is 2.18. The van der Waals surface area contributed by atoms with Crippen LogP contribution in [0.15, 0.2) is 53.4 Å². The summed E-state index contributed by atoms with van der Waals surface area (Å²) in [5, 5.41) is 13.2. The Bertz CT molecular complexity index is 829. The summed E-state index contributed by atoms with van der Waals surface area (Å²) in [6, 6.07) is 11.0. The fraction of sp³-hybridized carbons (Fsp3) is 0.0714. The van der Waals surface area contributed by atoms with Crippen molar-refractivity contribution in [1.82, 2.24) is 0 Å². The number of nitro groups is 1. The fourth-order valence-electron chi connectivity index (χ4n) is 1.75. The summed E-state index contributed by atoms with van der Waals surface area (Å²) < 4.78 is 22.7. The molecule has 0 fully saturated rings. The first-order valence-electron chi connectivity index (χ1n) is 6.13. The van der Waals surface area contributed by atoms with Crippen molar-refractivity contribution < 1.29 is 18.1 Å². The number of amides is 1. The van der Waals surface area contributed by atoms with Gasteiger partial charge in [-0.25, -0.2) is 8.42 Å². The van der Waals surface area contributed by atoms with E-state index in [0.29, 0.717) is 0 Å². The molecule has 2 rings (SSSR count). The van der Waals surface area contributed by atoms with Crippen molar-refractivity contribution in [3.05, 3.63) is 64.2 Å². The van der Waals surface area contributed by atoms with Gasteiger partial charge in [0.15, 0.2) is 9.84 Å². The number of carbonyl (C=O) groups is 1. The first-order valence-corrected chi connectivity index (χ1v) is 8.02. The van der Waals surface area contributed by atoms with E-state index >= 15 is 0 Å². The second kappa shape index (κ2) is 5.94. The number of benzene rings is 2. The standard InChI is InChI=1S/C14H12N2O5S/c1-22(20,21)13-7-5-10(6-8-13)14(17)15-11-3-2-4-12(9-11)16(18)19/h2-9H,1H3,(H,15,17). The van der Waals surface area contributed by atoms with Gasteiger partial charge in [0.05, 0.1) is 9.82 Å². The van der Waals surface area contributed by atoms with Gasteiger partial charge in [-0.2, -0.15) is 0 Å². The zero-order valence-electron chi connectivity index (χ0n) is 11.5. The van der Waals surface area contributed by atoms with Crippen LogP contribution in [-0.2, 0) is 9.84 Å².